The van der Waals surface area contributed by atoms with Crippen LogP contribution in [0.25, 0.3) is 0 Å². The highest BCUT2D eigenvalue weighted by atomic mass is 79.9. The highest BCUT2D eigenvalue weighted by molar-refractivity contribution is 9.10. The summed E-state index contributed by atoms with van der Waals surface area (Å²) >= 11 is 2.95. The molecule has 0 N–H and O–H groups in total. The van der Waals surface area contributed by atoms with Gasteiger partial charge >= 0.3 is 5.97 Å². The van der Waals surface area contributed by atoms with Crippen molar-refractivity contribution < 1.29 is 18.3 Å². The number of hydrogen-bond acceptors (Lipinski definition) is 2. The predicted octanol–water partition coefficient (Wildman–Crippen LogP) is 2.90. The molecule has 0 radical (unpaired) electrons. The zero-order chi connectivity index (χ0) is 10.7. The number of benzene rings is 1. The molecule has 1 rings (SSSR count). The summed E-state index contributed by atoms with van der Waals surface area (Å²) in [5.74, 6) is -3.14. The van der Waals surface area contributed by atoms with E-state index in [0.29, 0.717) is 4.47 Å². The maximum Gasteiger partial charge on any atom is 0.341 e. The minimum atomic E-state index is -1.19. The van der Waals surface area contributed by atoms with Gasteiger partial charge in [-0.25, -0.2) is 13.6 Å². The molecule has 14 heavy (non-hydrogen) atoms. The van der Waals surface area contributed by atoms with Gasteiger partial charge < -0.3 is 4.74 Å². The summed E-state index contributed by atoms with van der Waals surface area (Å²) in [5, 5.41) is 0. The minimum Gasteiger partial charge on any atom is -0.462 e. The van der Waals surface area contributed by atoms with Crippen molar-refractivity contribution in [1.82, 2.24) is 0 Å². The van der Waals surface area contributed by atoms with E-state index in [1.807, 2.05) is 0 Å². The first kappa shape index (κ1) is 11.1. The van der Waals surface area contributed by atoms with Crippen LogP contribution in [0.2, 0.25) is 0 Å². The largest absolute Gasteiger partial charge is 0.462 e. The fraction of sp³-hybridized carbons (Fsp3) is 0.222. The van der Waals surface area contributed by atoms with Gasteiger partial charge in [0.2, 0.25) is 0 Å². The molecule has 0 aliphatic rings. The molecule has 0 fully saturated rings. The van der Waals surface area contributed by atoms with Gasteiger partial charge in [0.25, 0.3) is 0 Å². The molecule has 0 atom stereocenters. The van der Waals surface area contributed by atoms with E-state index in [0.717, 1.165) is 6.07 Å². The Morgan fingerprint density at radius 2 is 2.14 bits per heavy atom. The molecule has 2 nitrogen and oxygen atoms in total. The summed E-state index contributed by atoms with van der Waals surface area (Å²) in [6, 6.07) is 2.12. The van der Waals surface area contributed by atoms with Gasteiger partial charge in [-0.05, 0) is 19.1 Å². The van der Waals surface area contributed by atoms with Gasteiger partial charge in [0.15, 0.2) is 11.6 Å². The van der Waals surface area contributed by atoms with Gasteiger partial charge in [-0.15, -0.1) is 0 Å². The third-order valence-corrected chi connectivity index (χ3v) is 1.95. The lowest BCUT2D eigenvalue weighted by molar-refractivity contribution is 0.0519. The average molecular weight is 265 g/mol. The molecule has 0 aliphatic heterocycles. The number of esters is 1. The molecule has 5 heteroatoms. The van der Waals surface area contributed by atoms with Crippen LogP contribution in [-0.2, 0) is 4.74 Å². The fourth-order valence-electron chi connectivity index (χ4n) is 0.913. The number of carbonyl (C=O) groups excluding carboxylic acids is 1. The third kappa shape index (κ3) is 2.29. The van der Waals surface area contributed by atoms with Crippen LogP contribution in [-0.4, -0.2) is 12.6 Å². The van der Waals surface area contributed by atoms with Crippen molar-refractivity contribution in [3.05, 3.63) is 33.8 Å². The maximum atomic E-state index is 13.1. The molecule has 0 aromatic heterocycles. The topological polar surface area (TPSA) is 26.3 Å². The van der Waals surface area contributed by atoms with E-state index >= 15 is 0 Å². The summed E-state index contributed by atoms with van der Waals surface area (Å²) in [4.78, 5) is 11.1. The predicted molar refractivity (Wildman–Crippen MR) is 50.0 cm³/mol. The molecule has 0 saturated heterocycles. The normalized spacial score (nSPS) is 10.0. The minimum absolute atomic E-state index is 0.117. The number of ether oxygens (including phenoxy) is 1. The van der Waals surface area contributed by atoms with E-state index in [-0.39, 0.29) is 6.61 Å². The van der Waals surface area contributed by atoms with Crippen molar-refractivity contribution in [2.75, 3.05) is 6.61 Å². The van der Waals surface area contributed by atoms with E-state index in [2.05, 4.69) is 20.7 Å². The van der Waals surface area contributed by atoms with Gasteiger partial charge in [-0.1, -0.05) is 15.9 Å². The molecule has 0 saturated carbocycles. The van der Waals surface area contributed by atoms with Crippen LogP contribution in [0, 0.1) is 11.6 Å². The molecule has 1 aromatic rings. The summed E-state index contributed by atoms with van der Waals surface area (Å²) in [6.45, 7) is 1.70. The molecule has 1 aromatic carbocycles. The Morgan fingerprint density at radius 1 is 1.50 bits per heavy atom. The van der Waals surface area contributed by atoms with Gasteiger partial charge in [0.1, 0.15) is 0 Å². The zero-order valence-electron chi connectivity index (χ0n) is 7.31. The first-order valence-electron chi connectivity index (χ1n) is 3.88. The summed E-state index contributed by atoms with van der Waals surface area (Å²) in [7, 11) is 0. The maximum absolute atomic E-state index is 13.1. The Morgan fingerprint density at radius 3 is 2.71 bits per heavy atom. The van der Waals surface area contributed by atoms with Crippen molar-refractivity contribution in [2.24, 2.45) is 0 Å². The van der Waals surface area contributed by atoms with E-state index < -0.39 is 23.2 Å². The fourth-order valence-corrected chi connectivity index (χ4v) is 1.34. The first-order chi connectivity index (χ1) is 6.56. The van der Waals surface area contributed by atoms with Crippen molar-refractivity contribution in [3.63, 3.8) is 0 Å². The second-order valence-electron chi connectivity index (χ2n) is 2.47. The average Bonchev–Trinajstić information content (AvgIpc) is 2.11. The molecule has 0 spiro atoms. The van der Waals surface area contributed by atoms with Crippen LogP contribution in [0.15, 0.2) is 16.6 Å². The van der Waals surface area contributed by atoms with Crippen molar-refractivity contribution in [2.45, 2.75) is 6.92 Å². The van der Waals surface area contributed by atoms with Crippen LogP contribution < -0.4 is 0 Å². The van der Waals surface area contributed by atoms with Crippen LogP contribution in [0.3, 0.4) is 0 Å². The second-order valence-corrected chi connectivity index (χ2v) is 3.39. The van der Waals surface area contributed by atoms with Crippen LogP contribution in [0.1, 0.15) is 17.3 Å². The van der Waals surface area contributed by atoms with E-state index in [4.69, 9.17) is 0 Å². The van der Waals surface area contributed by atoms with Gasteiger partial charge in [-0.2, -0.15) is 0 Å². The van der Waals surface area contributed by atoms with Crippen molar-refractivity contribution >= 4 is 21.9 Å². The Hall–Kier alpha value is -0.970. The molecular formula is C9H7BrF2O2. The quantitative estimate of drug-likeness (QED) is 0.607. The second kappa shape index (κ2) is 4.50. The SMILES string of the molecule is CCOC(=O)c1cc(Br)cc(F)c1F. The van der Waals surface area contributed by atoms with Gasteiger partial charge in [0.05, 0.1) is 12.2 Å². The molecule has 0 heterocycles. The molecule has 0 unspecified atom stereocenters. The first-order valence-corrected chi connectivity index (χ1v) is 4.67. The molecule has 0 amide bonds. The lowest BCUT2D eigenvalue weighted by atomic mass is 10.2. The Kier molecular flexibility index (Phi) is 3.57. The Labute approximate surface area is 88.0 Å². The van der Waals surface area contributed by atoms with Crippen molar-refractivity contribution in [1.29, 1.82) is 0 Å². The van der Waals surface area contributed by atoms with Crippen LogP contribution in [0.4, 0.5) is 8.78 Å². The van der Waals surface area contributed by atoms with Gasteiger partial charge in [0, 0.05) is 4.47 Å². The Balaban J connectivity index is 3.13. The smallest absolute Gasteiger partial charge is 0.341 e. The molecule has 0 aliphatic carbocycles. The summed E-state index contributed by atoms with van der Waals surface area (Å²) < 4.78 is 30.7. The van der Waals surface area contributed by atoms with Crippen LogP contribution in [0.5, 0.6) is 0 Å². The number of hydrogen-bond donors (Lipinski definition) is 0. The number of halogens is 3. The highest BCUT2D eigenvalue weighted by Gasteiger charge is 2.17. The van der Waals surface area contributed by atoms with E-state index in [9.17, 15) is 13.6 Å². The lowest BCUT2D eigenvalue weighted by Crippen LogP contribution is -2.08. The standard InChI is InChI=1S/C9H7BrF2O2/c1-2-14-9(13)6-3-5(10)4-7(11)8(6)12/h3-4H,2H2,1H3. The molecular weight excluding hydrogens is 258 g/mol. The highest BCUT2D eigenvalue weighted by Crippen LogP contribution is 2.19. The monoisotopic (exact) mass is 264 g/mol. The number of carbonyl (C=O) groups is 1. The molecule has 0 bridgehead atoms. The summed E-state index contributed by atoms with van der Waals surface area (Å²) in [5.41, 5.74) is -0.404. The molecule has 76 valence electrons. The van der Waals surface area contributed by atoms with Gasteiger partial charge in [-0.3, -0.25) is 0 Å². The zero-order valence-corrected chi connectivity index (χ0v) is 8.90. The van der Waals surface area contributed by atoms with E-state index in [1.165, 1.54) is 6.07 Å². The van der Waals surface area contributed by atoms with Crippen molar-refractivity contribution in [3.8, 4) is 0 Å². The summed E-state index contributed by atoms with van der Waals surface area (Å²) in [6.07, 6.45) is 0. The lowest BCUT2D eigenvalue weighted by Gasteiger charge is -2.04. The Bertz CT molecular complexity index is 366. The van der Waals surface area contributed by atoms with Crippen LogP contribution >= 0.6 is 15.9 Å². The third-order valence-electron chi connectivity index (χ3n) is 1.49. The van der Waals surface area contributed by atoms with E-state index in [1.54, 1.807) is 6.92 Å². The number of rotatable bonds is 2.